The molecule has 3 atom stereocenters. The van der Waals surface area contributed by atoms with Crippen LogP contribution < -0.4 is 5.32 Å². The fourth-order valence-corrected chi connectivity index (χ4v) is 3.38. The molecule has 0 spiro atoms. The van der Waals surface area contributed by atoms with Gasteiger partial charge in [-0.2, -0.15) is 0 Å². The van der Waals surface area contributed by atoms with Gasteiger partial charge in [-0.05, 0) is 42.4 Å². The summed E-state index contributed by atoms with van der Waals surface area (Å²) < 4.78 is 0. The van der Waals surface area contributed by atoms with E-state index in [1.807, 2.05) is 0 Å². The fraction of sp³-hybridized carbons (Fsp3) is 0.467. The van der Waals surface area contributed by atoms with Crippen molar-refractivity contribution in [3.63, 3.8) is 0 Å². The van der Waals surface area contributed by atoms with Crippen LogP contribution in [0.1, 0.15) is 41.4 Å². The van der Waals surface area contributed by atoms with Gasteiger partial charge >= 0.3 is 0 Å². The highest BCUT2D eigenvalue weighted by Crippen LogP contribution is 2.57. The molecule has 0 bridgehead atoms. The third kappa shape index (κ3) is 1.30. The maximum atomic E-state index is 11.6. The van der Waals surface area contributed by atoms with Gasteiger partial charge in [0.05, 0.1) is 11.8 Å². The third-order valence-electron chi connectivity index (χ3n) is 4.57. The first-order valence-corrected chi connectivity index (χ1v) is 6.62. The number of hydrogen-bond donors (Lipinski definition) is 1. The van der Waals surface area contributed by atoms with E-state index >= 15 is 0 Å². The molecule has 1 aromatic carbocycles. The van der Waals surface area contributed by atoms with E-state index in [2.05, 4.69) is 30.4 Å². The Morgan fingerprint density at radius 3 is 2.28 bits per heavy atom. The average molecular weight is 241 g/mol. The van der Waals surface area contributed by atoms with Crippen molar-refractivity contribution in [1.82, 2.24) is 5.32 Å². The number of nitrogens with one attached hydrogen (secondary N) is 1. The molecule has 92 valence electrons. The van der Waals surface area contributed by atoms with Crippen LogP contribution in [0, 0.1) is 18.8 Å². The number of fused-ring (bicyclic) bond motifs is 1. The predicted octanol–water partition coefficient (Wildman–Crippen LogP) is 1.86. The molecule has 3 heteroatoms. The number of carbonyl (C=O) groups excluding carboxylic acids is 2. The van der Waals surface area contributed by atoms with E-state index in [1.54, 1.807) is 0 Å². The molecule has 1 aromatic rings. The first kappa shape index (κ1) is 10.3. The summed E-state index contributed by atoms with van der Waals surface area (Å²) in [4.78, 5) is 23.1. The van der Waals surface area contributed by atoms with Crippen LogP contribution in [-0.2, 0) is 9.59 Å². The molecule has 1 aliphatic heterocycles. The van der Waals surface area contributed by atoms with Gasteiger partial charge < -0.3 is 0 Å². The van der Waals surface area contributed by atoms with Crippen LogP contribution in [0.5, 0.6) is 0 Å². The van der Waals surface area contributed by atoms with Crippen LogP contribution in [0.15, 0.2) is 18.2 Å². The summed E-state index contributed by atoms with van der Waals surface area (Å²) in [6.45, 7) is 2.09. The zero-order valence-electron chi connectivity index (χ0n) is 10.3. The summed E-state index contributed by atoms with van der Waals surface area (Å²) in [6.07, 6.45) is 2.60. The summed E-state index contributed by atoms with van der Waals surface area (Å²) in [7, 11) is 0. The Bertz CT molecular complexity index is 554. The molecule has 3 aliphatic rings. The minimum atomic E-state index is -0.0945. The number of hydrogen-bond acceptors (Lipinski definition) is 2. The lowest BCUT2D eigenvalue weighted by Gasteiger charge is -2.09. The summed E-state index contributed by atoms with van der Waals surface area (Å²) in [6, 6.07) is 6.55. The van der Waals surface area contributed by atoms with Gasteiger partial charge in [0.25, 0.3) is 0 Å². The van der Waals surface area contributed by atoms with E-state index in [9.17, 15) is 9.59 Å². The van der Waals surface area contributed by atoms with Crippen molar-refractivity contribution < 1.29 is 9.59 Å². The van der Waals surface area contributed by atoms with Gasteiger partial charge in [0.15, 0.2) is 0 Å². The van der Waals surface area contributed by atoms with Gasteiger partial charge in [-0.15, -0.1) is 0 Å². The monoisotopic (exact) mass is 241 g/mol. The van der Waals surface area contributed by atoms with Crippen molar-refractivity contribution in [2.45, 2.75) is 31.6 Å². The lowest BCUT2D eigenvalue weighted by atomic mass is 9.97. The maximum absolute atomic E-state index is 11.6. The minimum Gasteiger partial charge on any atom is -0.296 e. The number of rotatable bonds is 2. The van der Waals surface area contributed by atoms with Crippen molar-refractivity contribution in [2.24, 2.45) is 11.8 Å². The summed E-state index contributed by atoms with van der Waals surface area (Å²) in [5, 5.41) is 2.40. The van der Waals surface area contributed by atoms with Crippen LogP contribution in [-0.4, -0.2) is 11.8 Å². The first-order valence-electron chi connectivity index (χ1n) is 6.62. The molecule has 2 amide bonds. The van der Waals surface area contributed by atoms with Crippen LogP contribution in [0.4, 0.5) is 0 Å². The smallest absolute Gasteiger partial charge is 0.231 e. The van der Waals surface area contributed by atoms with Gasteiger partial charge in [-0.3, -0.25) is 14.9 Å². The summed E-state index contributed by atoms with van der Waals surface area (Å²) >= 11 is 0. The number of imide groups is 1. The van der Waals surface area contributed by atoms with Crippen molar-refractivity contribution >= 4 is 11.8 Å². The molecular weight excluding hydrogens is 226 g/mol. The molecule has 4 rings (SSSR count). The molecule has 0 aromatic heterocycles. The Hall–Kier alpha value is -1.64. The second-order valence-electron chi connectivity index (χ2n) is 5.82. The molecule has 1 N–H and O–H groups in total. The third-order valence-corrected chi connectivity index (χ3v) is 4.57. The SMILES string of the molecule is Cc1cc(C2CC2)ccc1C1[C@H]2C(=O)NC(=O)[C@@H]12. The molecule has 2 saturated carbocycles. The predicted molar refractivity (Wildman–Crippen MR) is 66.0 cm³/mol. The normalized spacial score (nSPS) is 33.3. The Kier molecular flexibility index (Phi) is 1.84. The van der Waals surface area contributed by atoms with E-state index in [0.29, 0.717) is 0 Å². The average Bonchev–Trinajstić information content (AvgIpc) is 3.22. The van der Waals surface area contributed by atoms with E-state index in [0.717, 1.165) is 5.92 Å². The first-order chi connectivity index (χ1) is 8.66. The highest BCUT2D eigenvalue weighted by atomic mass is 16.2. The van der Waals surface area contributed by atoms with E-state index < -0.39 is 0 Å². The summed E-state index contributed by atoms with van der Waals surface area (Å²) in [5.74, 6) is 0.535. The minimum absolute atomic E-state index is 0.0827. The van der Waals surface area contributed by atoms with Gasteiger partial charge in [-0.1, -0.05) is 18.2 Å². The lowest BCUT2D eigenvalue weighted by molar-refractivity contribution is -0.127. The topological polar surface area (TPSA) is 46.2 Å². The number of benzene rings is 1. The Labute approximate surface area is 106 Å². The molecule has 1 saturated heterocycles. The van der Waals surface area contributed by atoms with Crippen LogP contribution >= 0.6 is 0 Å². The van der Waals surface area contributed by atoms with Gasteiger partial charge in [0, 0.05) is 5.92 Å². The molecule has 0 radical (unpaired) electrons. The molecule has 18 heavy (non-hydrogen) atoms. The van der Waals surface area contributed by atoms with Gasteiger partial charge in [-0.25, -0.2) is 0 Å². The van der Waals surface area contributed by atoms with Crippen molar-refractivity contribution in [3.8, 4) is 0 Å². The Morgan fingerprint density at radius 1 is 1.06 bits per heavy atom. The Morgan fingerprint density at radius 2 is 1.72 bits per heavy atom. The summed E-state index contributed by atoms with van der Waals surface area (Å²) in [5.41, 5.74) is 3.84. The highest BCUT2D eigenvalue weighted by molar-refractivity contribution is 6.10. The molecule has 3 nitrogen and oxygen atoms in total. The van der Waals surface area contributed by atoms with Crippen molar-refractivity contribution in [3.05, 3.63) is 34.9 Å². The van der Waals surface area contributed by atoms with Crippen LogP contribution in [0.3, 0.4) is 0 Å². The molecule has 2 aliphatic carbocycles. The van der Waals surface area contributed by atoms with Crippen LogP contribution in [0.25, 0.3) is 0 Å². The number of carbonyl (C=O) groups is 2. The van der Waals surface area contributed by atoms with Gasteiger partial charge in [0.1, 0.15) is 0 Å². The van der Waals surface area contributed by atoms with E-state index in [4.69, 9.17) is 0 Å². The van der Waals surface area contributed by atoms with Crippen molar-refractivity contribution in [2.75, 3.05) is 0 Å². The largest absolute Gasteiger partial charge is 0.296 e. The molecule has 1 unspecified atom stereocenters. The quantitative estimate of drug-likeness (QED) is 0.803. The molecule has 1 heterocycles. The number of piperidine rings is 1. The maximum Gasteiger partial charge on any atom is 0.231 e. The highest BCUT2D eigenvalue weighted by Gasteiger charge is 2.64. The number of amides is 2. The second-order valence-corrected chi connectivity index (χ2v) is 5.82. The molecular formula is C15H15NO2. The fourth-order valence-electron chi connectivity index (χ4n) is 3.38. The number of aryl methyl sites for hydroxylation is 1. The Balaban J connectivity index is 1.66. The van der Waals surface area contributed by atoms with Crippen LogP contribution in [0.2, 0.25) is 0 Å². The second kappa shape index (κ2) is 3.22. The molecule has 3 fully saturated rings. The van der Waals surface area contributed by atoms with Crippen molar-refractivity contribution in [1.29, 1.82) is 0 Å². The zero-order valence-corrected chi connectivity index (χ0v) is 10.3. The van der Waals surface area contributed by atoms with E-state index in [-0.39, 0.29) is 29.6 Å². The lowest BCUT2D eigenvalue weighted by Crippen LogP contribution is -2.27. The van der Waals surface area contributed by atoms with E-state index in [1.165, 1.54) is 29.5 Å². The van der Waals surface area contributed by atoms with Gasteiger partial charge in [0.2, 0.25) is 11.8 Å². The zero-order chi connectivity index (χ0) is 12.4. The standard InChI is InChI=1S/C15H15NO2/c1-7-6-9(8-2-3-8)4-5-10(7)11-12-13(11)15(18)16-14(12)17/h4-6,8,11-13H,2-3H2,1H3,(H,16,17,18)/t11?,12-,13+.